The molecule has 0 aliphatic heterocycles. The molecule has 0 aliphatic rings. The van der Waals surface area contributed by atoms with Crippen LogP contribution in [0.1, 0.15) is 109 Å². The van der Waals surface area contributed by atoms with Crippen LogP contribution in [-0.4, -0.2) is 19.0 Å². The van der Waals surface area contributed by atoms with Crippen molar-refractivity contribution >= 4 is 29.2 Å². The van der Waals surface area contributed by atoms with Gasteiger partial charge in [0.2, 0.25) is 0 Å². The van der Waals surface area contributed by atoms with Crippen LogP contribution in [0.2, 0.25) is 0 Å². The Bertz CT molecular complexity index is 1090. The molecule has 0 saturated carbocycles. The molecule has 5 nitrogen and oxygen atoms in total. The Morgan fingerprint density at radius 3 is 1.77 bits per heavy atom. The van der Waals surface area contributed by atoms with Gasteiger partial charge in [-0.05, 0) is 37.1 Å². The molecule has 0 saturated heterocycles. The largest absolute Gasteiger partial charge is 0.491 e. The van der Waals surface area contributed by atoms with E-state index < -0.39 is 0 Å². The standard InChI is InChI=1S/C32H45N3O2S2/c1-4-7-10-11-12-17-22-38-31-29(36-20-15-8-5-2)25(23-33)26(24-34)30(37-21-16-9-6-3)32(31)39-28-19-14-13-18-27(28)35/h13-14,18-19H,4-12,15-17,20-22,35H2,1-3H3. The summed E-state index contributed by atoms with van der Waals surface area (Å²) in [5, 5.41) is 20.5. The number of hydrogen-bond acceptors (Lipinski definition) is 7. The average molecular weight is 568 g/mol. The van der Waals surface area contributed by atoms with Gasteiger partial charge in [-0.3, -0.25) is 0 Å². The van der Waals surface area contributed by atoms with E-state index in [1.165, 1.54) is 43.9 Å². The van der Waals surface area contributed by atoms with Crippen molar-refractivity contribution < 1.29 is 9.47 Å². The highest BCUT2D eigenvalue weighted by Crippen LogP contribution is 2.51. The van der Waals surface area contributed by atoms with E-state index in [-0.39, 0.29) is 11.1 Å². The van der Waals surface area contributed by atoms with Crippen molar-refractivity contribution in [2.75, 3.05) is 24.7 Å². The molecule has 0 fully saturated rings. The third kappa shape index (κ3) is 10.5. The molecular formula is C32H45N3O2S2. The van der Waals surface area contributed by atoms with E-state index in [9.17, 15) is 10.5 Å². The molecule has 0 atom stereocenters. The van der Waals surface area contributed by atoms with Crippen molar-refractivity contribution in [3.8, 4) is 23.6 Å². The number of nitriles is 2. The number of anilines is 1. The molecule has 0 bridgehead atoms. The summed E-state index contributed by atoms with van der Waals surface area (Å²) in [5.74, 6) is 1.89. The zero-order valence-electron chi connectivity index (χ0n) is 24.0. The number of benzene rings is 2. The third-order valence-electron chi connectivity index (χ3n) is 6.41. The maximum Gasteiger partial charge on any atom is 0.153 e. The van der Waals surface area contributed by atoms with Gasteiger partial charge in [-0.2, -0.15) is 10.5 Å². The van der Waals surface area contributed by atoms with Crippen LogP contribution in [0.3, 0.4) is 0 Å². The Morgan fingerprint density at radius 2 is 1.21 bits per heavy atom. The summed E-state index contributed by atoms with van der Waals surface area (Å²) in [5.41, 5.74) is 7.54. The fourth-order valence-electron chi connectivity index (χ4n) is 4.17. The van der Waals surface area contributed by atoms with E-state index >= 15 is 0 Å². The first-order valence-electron chi connectivity index (χ1n) is 14.6. The van der Waals surface area contributed by atoms with Crippen molar-refractivity contribution in [3.63, 3.8) is 0 Å². The minimum atomic E-state index is 0.250. The molecule has 2 N–H and O–H groups in total. The normalized spacial score (nSPS) is 10.7. The molecule has 0 unspecified atom stereocenters. The lowest BCUT2D eigenvalue weighted by Gasteiger charge is -2.22. The van der Waals surface area contributed by atoms with Crippen LogP contribution in [0, 0.1) is 22.7 Å². The molecule has 2 rings (SSSR count). The van der Waals surface area contributed by atoms with E-state index in [2.05, 4.69) is 32.9 Å². The fraction of sp³-hybridized carbons (Fsp3) is 0.562. The monoisotopic (exact) mass is 567 g/mol. The lowest BCUT2D eigenvalue weighted by molar-refractivity contribution is 0.284. The fourth-order valence-corrected chi connectivity index (χ4v) is 6.53. The van der Waals surface area contributed by atoms with Gasteiger partial charge in [0, 0.05) is 10.6 Å². The van der Waals surface area contributed by atoms with Gasteiger partial charge in [0.25, 0.3) is 0 Å². The van der Waals surface area contributed by atoms with Gasteiger partial charge in [0.15, 0.2) is 11.5 Å². The van der Waals surface area contributed by atoms with Gasteiger partial charge in [-0.1, -0.05) is 102 Å². The van der Waals surface area contributed by atoms with Crippen LogP contribution in [0.15, 0.2) is 39.0 Å². The lowest BCUT2D eigenvalue weighted by Crippen LogP contribution is -2.08. The zero-order valence-corrected chi connectivity index (χ0v) is 25.7. The minimum Gasteiger partial charge on any atom is -0.491 e. The van der Waals surface area contributed by atoms with Crippen molar-refractivity contribution in [1.82, 2.24) is 0 Å². The number of nitrogen functional groups attached to an aromatic ring is 1. The molecule has 7 heteroatoms. The highest BCUT2D eigenvalue weighted by atomic mass is 32.2. The first kappa shape index (κ1) is 32.7. The molecule has 0 heterocycles. The van der Waals surface area contributed by atoms with Gasteiger partial charge in [0.1, 0.15) is 23.3 Å². The summed E-state index contributed by atoms with van der Waals surface area (Å²) >= 11 is 3.21. The van der Waals surface area contributed by atoms with Crippen LogP contribution in [-0.2, 0) is 0 Å². The van der Waals surface area contributed by atoms with Gasteiger partial charge >= 0.3 is 0 Å². The van der Waals surface area contributed by atoms with E-state index in [4.69, 9.17) is 15.2 Å². The molecule has 0 spiro atoms. The summed E-state index contributed by atoms with van der Waals surface area (Å²) in [6.07, 6.45) is 13.3. The second-order valence-corrected chi connectivity index (χ2v) is 11.8. The van der Waals surface area contributed by atoms with Crippen LogP contribution >= 0.6 is 23.5 Å². The predicted octanol–water partition coefficient (Wildman–Crippen LogP) is 9.75. The van der Waals surface area contributed by atoms with Crippen LogP contribution in [0.5, 0.6) is 11.5 Å². The second kappa shape index (κ2) is 19.6. The minimum absolute atomic E-state index is 0.250. The summed E-state index contributed by atoms with van der Waals surface area (Å²) < 4.78 is 12.6. The molecule has 0 aliphatic carbocycles. The predicted molar refractivity (Wildman–Crippen MR) is 165 cm³/mol. The van der Waals surface area contributed by atoms with Crippen molar-refractivity contribution in [3.05, 3.63) is 35.4 Å². The van der Waals surface area contributed by atoms with E-state index in [1.54, 1.807) is 11.8 Å². The maximum atomic E-state index is 10.2. The first-order chi connectivity index (χ1) is 19.1. The highest BCUT2D eigenvalue weighted by molar-refractivity contribution is 8.02. The van der Waals surface area contributed by atoms with Gasteiger partial charge in [0.05, 0.1) is 23.0 Å². The highest BCUT2D eigenvalue weighted by Gasteiger charge is 2.28. The Kier molecular flexibility index (Phi) is 16.4. The summed E-state index contributed by atoms with van der Waals surface area (Å²) in [6.45, 7) is 7.53. The van der Waals surface area contributed by atoms with Crippen molar-refractivity contribution in [2.45, 2.75) is 113 Å². The zero-order chi connectivity index (χ0) is 28.3. The molecule has 0 amide bonds. The SMILES string of the molecule is CCCCCCCCSc1c(OCCCCC)c(C#N)c(C#N)c(OCCCCC)c1Sc1ccccc1N. The number of para-hydroxylation sites is 1. The Hall–Kier alpha value is -2.48. The van der Waals surface area contributed by atoms with Crippen molar-refractivity contribution in [2.24, 2.45) is 0 Å². The van der Waals surface area contributed by atoms with E-state index in [0.29, 0.717) is 30.4 Å². The number of unbranched alkanes of at least 4 members (excludes halogenated alkanes) is 9. The topological polar surface area (TPSA) is 92.1 Å². The summed E-state index contributed by atoms with van der Waals surface area (Å²) in [6, 6.07) is 12.3. The van der Waals surface area contributed by atoms with Crippen LogP contribution in [0.25, 0.3) is 0 Å². The molecule has 212 valence electrons. The van der Waals surface area contributed by atoms with Gasteiger partial charge in [-0.15, -0.1) is 11.8 Å². The Labute approximate surface area is 244 Å². The lowest BCUT2D eigenvalue weighted by atomic mass is 10.1. The first-order valence-corrected chi connectivity index (χ1v) is 16.4. The molecule has 0 radical (unpaired) electrons. The third-order valence-corrected chi connectivity index (χ3v) is 8.90. The Balaban J connectivity index is 2.57. The number of hydrogen-bond donors (Lipinski definition) is 1. The van der Waals surface area contributed by atoms with E-state index in [1.807, 2.05) is 24.3 Å². The van der Waals surface area contributed by atoms with Gasteiger partial charge < -0.3 is 15.2 Å². The summed E-state index contributed by atoms with van der Waals surface area (Å²) in [7, 11) is 0. The number of rotatable bonds is 20. The van der Waals surface area contributed by atoms with Crippen LogP contribution < -0.4 is 15.2 Å². The maximum absolute atomic E-state index is 10.2. The molecular weight excluding hydrogens is 523 g/mol. The molecule has 0 aromatic heterocycles. The quantitative estimate of drug-likeness (QED) is 0.0967. The Morgan fingerprint density at radius 1 is 0.692 bits per heavy atom. The van der Waals surface area contributed by atoms with Gasteiger partial charge in [-0.25, -0.2) is 0 Å². The molecule has 2 aromatic carbocycles. The summed E-state index contributed by atoms with van der Waals surface area (Å²) in [4.78, 5) is 2.60. The van der Waals surface area contributed by atoms with Crippen molar-refractivity contribution in [1.29, 1.82) is 10.5 Å². The van der Waals surface area contributed by atoms with E-state index in [0.717, 1.165) is 65.4 Å². The second-order valence-electron chi connectivity index (χ2n) is 9.66. The molecule has 2 aromatic rings. The number of nitrogens with two attached hydrogens (primary N) is 1. The average Bonchev–Trinajstić information content (AvgIpc) is 2.95. The number of thioether (sulfide) groups is 1. The van der Waals surface area contributed by atoms with Crippen LogP contribution in [0.4, 0.5) is 5.69 Å². The number of nitrogens with zero attached hydrogens (tertiary/aromatic N) is 2. The number of ether oxygens (including phenoxy) is 2. The molecule has 39 heavy (non-hydrogen) atoms. The smallest absolute Gasteiger partial charge is 0.153 e.